The van der Waals surface area contributed by atoms with Crippen molar-refractivity contribution in [3.8, 4) is 5.69 Å². The van der Waals surface area contributed by atoms with E-state index >= 15 is 0 Å². The molecule has 0 radical (unpaired) electrons. The second kappa shape index (κ2) is 7.18. The molecule has 0 bridgehead atoms. The predicted molar refractivity (Wildman–Crippen MR) is 97.8 cm³/mol. The van der Waals surface area contributed by atoms with Gasteiger partial charge >= 0.3 is 0 Å². The van der Waals surface area contributed by atoms with Gasteiger partial charge in [-0.05, 0) is 36.4 Å². The third kappa shape index (κ3) is 3.46. The number of fused-ring (bicyclic) bond motifs is 1. The minimum Gasteiger partial charge on any atom is -0.273 e. The Bertz CT molecular complexity index is 1020. The minimum absolute atomic E-state index is 0.183. The summed E-state index contributed by atoms with van der Waals surface area (Å²) in [6.07, 6.45) is 1.46. The van der Waals surface area contributed by atoms with Crippen molar-refractivity contribution in [1.82, 2.24) is 20.4 Å². The summed E-state index contributed by atoms with van der Waals surface area (Å²) in [5.74, 6) is -0.941. The number of carbonyl (C=O) groups excluding carboxylic acids is 2. The zero-order chi connectivity index (χ0) is 18.7. The molecule has 7 heteroatoms. The number of rotatable bonds is 3. The van der Waals surface area contributed by atoms with E-state index in [-0.39, 0.29) is 17.4 Å². The number of hydrogen-bond donors (Lipinski definition) is 2. The summed E-state index contributed by atoms with van der Waals surface area (Å²) in [5, 5.41) is 0.521. The lowest BCUT2D eigenvalue weighted by Gasteiger charge is -2.10. The highest BCUT2D eigenvalue weighted by Crippen LogP contribution is 2.10. The van der Waals surface area contributed by atoms with Gasteiger partial charge in [0.1, 0.15) is 6.33 Å². The Morgan fingerprint density at radius 2 is 1.69 bits per heavy atom. The van der Waals surface area contributed by atoms with Crippen molar-refractivity contribution in [3.63, 3.8) is 0 Å². The van der Waals surface area contributed by atoms with Crippen molar-refractivity contribution in [1.29, 1.82) is 0 Å². The van der Waals surface area contributed by atoms with E-state index in [4.69, 9.17) is 0 Å². The van der Waals surface area contributed by atoms with Crippen LogP contribution < -0.4 is 16.4 Å². The maximum absolute atomic E-state index is 12.6. The number of benzene rings is 2. The van der Waals surface area contributed by atoms with Crippen molar-refractivity contribution >= 4 is 22.7 Å². The number of hydrazine groups is 1. The predicted octanol–water partition coefficient (Wildman–Crippen LogP) is 1.80. The van der Waals surface area contributed by atoms with Crippen LogP contribution in [-0.4, -0.2) is 21.4 Å². The quantitative estimate of drug-likeness (QED) is 0.705. The average Bonchev–Trinajstić information content (AvgIpc) is 2.66. The van der Waals surface area contributed by atoms with Crippen LogP contribution in [-0.2, 0) is 4.79 Å². The summed E-state index contributed by atoms with van der Waals surface area (Å²) in [6, 6.07) is 13.6. The van der Waals surface area contributed by atoms with Gasteiger partial charge in [0.05, 0.1) is 16.6 Å². The molecule has 0 aliphatic heterocycles. The normalized spacial score (nSPS) is 10.7. The molecule has 0 saturated heterocycles. The van der Waals surface area contributed by atoms with Crippen LogP contribution in [0, 0.1) is 5.92 Å². The van der Waals surface area contributed by atoms with Crippen molar-refractivity contribution in [2.24, 2.45) is 5.92 Å². The molecule has 0 unspecified atom stereocenters. The fourth-order valence-corrected chi connectivity index (χ4v) is 2.36. The fraction of sp³-hybridized carbons (Fsp3) is 0.158. The summed E-state index contributed by atoms with van der Waals surface area (Å²) in [6.45, 7) is 3.46. The molecule has 0 atom stereocenters. The molecule has 1 aromatic heterocycles. The molecule has 2 amide bonds. The largest absolute Gasteiger partial charge is 0.273 e. The molecule has 0 fully saturated rings. The van der Waals surface area contributed by atoms with E-state index in [9.17, 15) is 14.4 Å². The lowest BCUT2D eigenvalue weighted by molar-refractivity contribution is -0.124. The number of nitrogens with zero attached hydrogens (tertiary/aromatic N) is 2. The Morgan fingerprint density at radius 3 is 2.38 bits per heavy atom. The second-order valence-electron chi connectivity index (χ2n) is 6.08. The van der Waals surface area contributed by atoms with E-state index in [0.29, 0.717) is 22.2 Å². The van der Waals surface area contributed by atoms with Gasteiger partial charge in [0.15, 0.2) is 0 Å². The van der Waals surface area contributed by atoms with E-state index in [1.165, 1.54) is 10.9 Å². The Kier molecular flexibility index (Phi) is 4.79. The van der Waals surface area contributed by atoms with E-state index in [2.05, 4.69) is 15.8 Å². The van der Waals surface area contributed by atoms with Crippen LogP contribution in [0.2, 0.25) is 0 Å². The SMILES string of the molecule is CC(C)C(=O)NNC(=O)c1ccc(-n2cnc3ccccc3c2=O)cc1. The van der Waals surface area contributed by atoms with Gasteiger partial charge < -0.3 is 0 Å². The zero-order valence-electron chi connectivity index (χ0n) is 14.4. The summed E-state index contributed by atoms with van der Waals surface area (Å²) in [4.78, 5) is 40.4. The van der Waals surface area contributed by atoms with E-state index < -0.39 is 5.91 Å². The standard InChI is InChI=1S/C19H18N4O3/c1-12(2)17(24)21-22-18(25)13-7-9-14(10-8-13)23-11-20-16-6-4-3-5-15(16)19(23)26/h3-12H,1-2H3,(H,21,24)(H,22,25). The Morgan fingerprint density at radius 1 is 1.00 bits per heavy atom. The number of nitrogens with one attached hydrogen (secondary N) is 2. The molecule has 3 rings (SSSR count). The Labute approximate surface area is 149 Å². The summed E-state index contributed by atoms with van der Waals surface area (Å²) in [5.41, 5.74) is 6.11. The number of para-hydroxylation sites is 1. The van der Waals surface area contributed by atoms with Crippen LogP contribution >= 0.6 is 0 Å². The van der Waals surface area contributed by atoms with Crippen LogP contribution in [0.4, 0.5) is 0 Å². The van der Waals surface area contributed by atoms with Crippen molar-refractivity contribution < 1.29 is 9.59 Å². The molecule has 132 valence electrons. The molecule has 26 heavy (non-hydrogen) atoms. The van der Waals surface area contributed by atoms with Gasteiger partial charge in [-0.15, -0.1) is 0 Å². The molecule has 1 heterocycles. The van der Waals surface area contributed by atoms with E-state index in [1.807, 2.05) is 6.07 Å². The highest BCUT2D eigenvalue weighted by Gasteiger charge is 2.11. The minimum atomic E-state index is -0.436. The molecule has 0 spiro atoms. The smallest absolute Gasteiger partial charge is 0.269 e. The van der Waals surface area contributed by atoms with Crippen molar-refractivity contribution in [2.45, 2.75) is 13.8 Å². The highest BCUT2D eigenvalue weighted by atomic mass is 16.2. The monoisotopic (exact) mass is 350 g/mol. The molecule has 0 aliphatic carbocycles. The first-order valence-corrected chi connectivity index (χ1v) is 8.14. The van der Waals surface area contributed by atoms with E-state index in [0.717, 1.165) is 0 Å². The fourth-order valence-electron chi connectivity index (χ4n) is 2.36. The molecular weight excluding hydrogens is 332 g/mol. The average molecular weight is 350 g/mol. The number of carbonyl (C=O) groups is 2. The van der Waals surface area contributed by atoms with Gasteiger partial charge in [-0.1, -0.05) is 26.0 Å². The maximum Gasteiger partial charge on any atom is 0.269 e. The lowest BCUT2D eigenvalue weighted by atomic mass is 10.2. The zero-order valence-corrected chi connectivity index (χ0v) is 14.4. The molecule has 0 aliphatic rings. The molecule has 7 nitrogen and oxygen atoms in total. The first-order valence-electron chi connectivity index (χ1n) is 8.14. The van der Waals surface area contributed by atoms with Gasteiger partial charge in [0.25, 0.3) is 11.5 Å². The molecule has 3 aromatic rings. The first kappa shape index (κ1) is 17.3. The second-order valence-corrected chi connectivity index (χ2v) is 6.08. The summed E-state index contributed by atoms with van der Waals surface area (Å²) >= 11 is 0. The van der Waals surface area contributed by atoms with Gasteiger partial charge in [-0.25, -0.2) is 4.98 Å². The lowest BCUT2D eigenvalue weighted by Crippen LogP contribution is -2.43. The van der Waals surface area contributed by atoms with E-state index in [1.54, 1.807) is 56.3 Å². The number of aromatic nitrogens is 2. The molecule has 2 aromatic carbocycles. The van der Waals surface area contributed by atoms with Gasteiger partial charge in [-0.2, -0.15) is 0 Å². The topological polar surface area (TPSA) is 93.1 Å². The van der Waals surface area contributed by atoms with Gasteiger partial charge in [0, 0.05) is 11.5 Å². The van der Waals surface area contributed by atoms with Crippen LogP contribution in [0.1, 0.15) is 24.2 Å². The van der Waals surface area contributed by atoms with Crippen LogP contribution in [0.25, 0.3) is 16.6 Å². The molecule has 0 saturated carbocycles. The Balaban J connectivity index is 1.82. The molecular formula is C19H18N4O3. The highest BCUT2D eigenvalue weighted by molar-refractivity contribution is 5.95. The Hall–Kier alpha value is -3.48. The van der Waals surface area contributed by atoms with Crippen LogP contribution in [0.5, 0.6) is 0 Å². The third-order valence-corrected chi connectivity index (χ3v) is 3.90. The van der Waals surface area contributed by atoms with Crippen molar-refractivity contribution in [3.05, 3.63) is 70.8 Å². The number of amides is 2. The molecule has 2 N–H and O–H groups in total. The van der Waals surface area contributed by atoms with Crippen LogP contribution in [0.15, 0.2) is 59.7 Å². The number of hydrogen-bond acceptors (Lipinski definition) is 4. The summed E-state index contributed by atoms with van der Waals surface area (Å²) < 4.78 is 1.42. The van der Waals surface area contributed by atoms with Crippen molar-refractivity contribution in [2.75, 3.05) is 0 Å². The first-order chi connectivity index (χ1) is 12.5. The van der Waals surface area contributed by atoms with Gasteiger partial charge in [0.2, 0.25) is 5.91 Å². The summed E-state index contributed by atoms with van der Waals surface area (Å²) in [7, 11) is 0. The van der Waals surface area contributed by atoms with Crippen LogP contribution in [0.3, 0.4) is 0 Å². The maximum atomic E-state index is 12.6. The third-order valence-electron chi connectivity index (χ3n) is 3.90. The van der Waals surface area contributed by atoms with Gasteiger partial charge in [-0.3, -0.25) is 29.8 Å².